The summed E-state index contributed by atoms with van der Waals surface area (Å²) in [7, 11) is 0. The van der Waals surface area contributed by atoms with E-state index in [0.717, 1.165) is 36.2 Å². The minimum atomic E-state index is -0.560. The van der Waals surface area contributed by atoms with Crippen molar-refractivity contribution in [3.05, 3.63) is 29.3 Å². The summed E-state index contributed by atoms with van der Waals surface area (Å²) in [6, 6.07) is 3.00. The molecule has 0 saturated heterocycles. The maximum atomic E-state index is 14.3. The highest BCUT2D eigenvalue weighted by molar-refractivity contribution is 5.33. The fourth-order valence-corrected chi connectivity index (χ4v) is 5.44. The Morgan fingerprint density at radius 3 is 1.89 bits per heavy atom. The topological polar surface area (TPSA) is 9.23 Å². The van der Waals surface area contributed by atoms with Gasteiger partial charge in [-0.2, -0.15) is 0 Å². The molecule has 2 aliphatic rings. The summed E-state index contributed by atoms with van der Waals surface area (Å²) in [4.78, 5) is 0. The normalized spacial score (nSPS) is 29.1. The van der Waals surface area contributed by atoms with E-state index >= 15 is 0 Å². The van der Waals surface area contributed by atoms with Crippen LogP contribution >= 0.6 is 0 Å². The van der Waals surface area contributed by atoms with Crippen LogP contribution in [0.1, 0.15) is 96.5 Å². The summed E-state index contributed by atoms with van der Waals surface area (Å²) in [6.07, 6.45) is 12.6. The summed E-state index contributed by atoms with van der Waals surface area (Å²) in [6.45, 7) is 5.86. The first-order chi connectivity index (χ1) is 13.0. The third-order valence-corrected chi connectivity index (χ3v) is 6.87. The molecule has 0 atom stereocenters. The van der Waals surface area contributed by atoms with Crippen molar-refractivity contribution in [3.8, 4) is 5.75 Å². The Kier molecular flexibility index (Phi) is 7.16. The van der Waals surface area contributed by atoms with E-state index < -0.39 is 11.6 Å². The largest absolute Gasteiger partial charge is 0.485 e. The lowest BCUT2D eigenvalue weighted by atomic mass is 9.68. The maximum Gasteiger partial charge on any atom is 0.191 e. The Morgan fingerprint density at radius 2 is 1.41 bits per heavy atom. The highest BCUT2D eigenvalue weighted by atomic mass is 19.1. The molecule has 3 heteroatoms. The monoisotopic (exact) mass is 378 g/mol. The van der Waals surface area contributed by atoms with E-state index in [1.807, 2.05) is 0 Å². The number of benzene rings is 1. The van der Waals surface area contributed by atoms with Gasteiger partial charge in [-0.1, -0.05) is 32.6 Å². The van der Waals surface area contributed by atoms with Gasteiger partial charge in [0.2, 0.25) is 0 Å². The van der Waals surface area contributed by atoms with Crippen LogP contribution in [-0.4, -0.2) is 6.10 Å². The molecule has 0 amide bonds. The Balaban J connectivity index is 1.55. The van der Waals surface area contributed by atoms with Gasteiger partial charge in [0.25, 0.3) is 0 Å². The number of ether oxygens (including phenoxy) is 1. The second kappa shape index (κ2) is 9.39. The van der Waals surface area contributed by atoms with Crippen molar-refractivity contribution in [3.63, 3.8) is 0 Å². The third kappa shape index (κ3) is 5.23. The third-order valence-electron chi connectivity index (χ3n) is 6.87. The quantitative estimate of drug-likeness (QED) is 0.494. The molecule has 0 N–H and O–H groups in total. The molecule has 2 aliphatic carbocycles. The summed E-state index contributed by atoms with van der Waals surface area (Å²) in [5.74, 6) is 1.60. The lowest BCUT2D eigenvalue weighted by molar-refractivity contribution is 0.156. The number of hydrogen-bond acceptors (Lipinski definition) is 1. The van der Waals surface area contributed by atoms with Crippen LogP contribution in [0.4, 0.5) is 8.78 Å². The Morgan fingerprint density at radius 1 is 0.889 bits per heavy atom. The van der Waals surface area contributed by atoms with Crippen molar-refractivity contribution in [2.45, 2.75) is 97.0 Å². The number of rotatable bonds is 6. The van der Waals surface area contributed by atoms with Gasteiger partial charge < -0.3 is 4.74 Å². The molecule has 0 radical (unpaired) electrons. The average molecular weight is 379 g/mol. The molecule has 1 aromatic rings. The van der Waals surface area contributed by atoms with Gasteiger partial charge in [0.15, 0.2) is 17.4 Å². The highest BCUT2D eigenvalue weighted by Crippen LogP contribution is 2.45. The van der Waals surface area contributed by atoms with Crippen LogP contribution in [0.3, 0.4) is 0 Å². The zero-order chi connectivity index (χ0) is 19.4. The molecule has 27 heavy (non-hydrogen) atoms. The minimum Gasteiger partial charge on any atom is -0.485 e. The predicted octanol–water partition coefficient (Wildman–Crippen LogP) is 7.63. The standard InChI is InChI=1S/C24H36F2O/c1-4-5-17-6-8-18(9-7-17)19-10-12-20(13-11-19)21-14-22(25)24(23(26)15-21)27-16(2)3/h14-20H,4-13H2,1-3H3. The fourth-order valence-electron chi connectivity index (χ4n) is 5.44. The van der Waals surface area contributed by atoms with E-state index in [9.17, 15) is 8.78 Å². The van der Waals surface area contributed by atoms with Crippen molar-refractivity contribution in [1.29, 1.82) is 0 Å². The smallest absolute Gasteiger partial charge is 0.191 e. The molecule has 3 rings (SSSR count). The van der Waals surface area contributed by atoms with E-state index in [1.54, 1.807) is 13.8 Å². The number of halogens is 2. The molecule has 0 unspecified atom stereocenters. The van der Waals surface area contributed by atoms with Gasteiger partial charge in [0.1, 0.15) is 0 Å². The van der Waals surface area contributed by atoms with Crippen LogP contribution < -0.4 is 4.74 Å². The van der Waals surface area contributed by atoms with E-state index in [2.05, 4.69) is 6.92 Å². The molecular weight excluding hydrogens is 342 g/mol. The summed E-state index contributed by atoms with van der Waals surface area (Å²) in [5, 5.41) is 0. The van der Waals surface area contributed by atoms with Crippen LogP contribution in [0.5, 0.6) is 5.75 Å². The van der Waals surface area contributed by atoms with E-state index in [-0.39, 0.29) is 17.8 Å². The summed E-state index contributed by atoms with van der Waals surface area (Å²) in [5.41, 5.74) is 0.811. The highest BCUT2D eigenvalue weighted by Gasteiger charge is 2.31. The zero-order valence-electron chi connectivity index (χ0n) is 17.3. The molecule has 0 bridgehead atoms. The van der Waals surface area contributed by atoms with Crippen molar-refractivity contribution in [1.82, 2.24) is 0 Å². The summed E-state index contributed by atoms with van der Waals surface area (Å²) >= 11 is 0. The van der Waals surface area contributed by atoms with E-state index in [1.165, 1.54) is 63.5 Å². The van der Waals surface area contributed by atoms with Crippen LogP contribution in [0.2, 0.25) is 0 Å². The number of hydrogen-bond donors (Lipinski definition) is 0. The van der Waals surface area contributed by atoms with E-state index in [0.29, 0.717) is 0 Å². The fraction of sp³-hybridized carbons (Fsp3) is 0.750. The second-order valence-corrected chi connectivity index (χ2v) is 9.16. The van der Waals surface area contributed by atoms with Crippen molar-refractivity contribution in [2.24, 2.45) is 17.8 Å². The molecule has 2 saturated carbocycles. The van der Waals surface area contributed by atoms with E-state index in [4.69, 9.17) is 4.74 Å². The first-order valence-corrected chi connectivity index (χ1v) is 11.1. The second-order valence-electron chi connectivity index (χ2n) is 9.16. The van der Waals surface area contributed by atoms with Crippen LogP contribution in [0.25, 0.3) is 0 Å². The van der Waals surface area contributed by atoms with Gasteiger partial charge >= 0.3 is 0 Å². The van der Waals surface area contributed by atoms with Crippen molar-refractivity contribution < 1.29 is 13.5 Å². The first kappa shape index (κ1) is 20.6. The van der Waals surface area contributed by atoms with Gasteiger partial charge in [0, 0.05) is 0 Å². The van der Waals surface area contributed by atoms with Gasteiger partial charge in [-0.05, 0) is 93.7 Å². The zero-order valence-corrected chi connectivity index (χ0v) is 17.3. The lowest BCUT2D eigenvalue weighted by Gasteiger charge is -2.38. The molecule has 0 aromatic heterocycles. The lowest BCUT2D eigenvalue weighted by Crippen LogP contribution is -2.25. The molecule has 0 aliphatic heterocycles. The molecule has 0 heterocycles. The molecule has 2 fully saturated rings. The van der Waals surface area contributed by atoms with Gasteiger partial charge in [0.05, 0.1) is 6.10 Å². The Bertz CT molecular complexity index is 573. The molecule has 0 spiro atoms. The molecular formula is C24H36F2O. The van der Waals surface area contributed by atoms with Crippen LogP contribution in [0.15, 0.2) is 12.1 Å². The summed E-state index contributed by atoms with van der Waals surface area (Å²) < 4.78 is 33.9. The maximum absolute atomic E-state index is 14.3. The van der Waals surface area contributed by atoms with Crippen LogP contribution in [0, 0.1) is 29.4 Å². The van der Waals surface area contributed by atoms with Crippen molar-refractivity contribution >= 4 is 0 Å². The molecule has 1 aromatic carbocycles. The Labute approximate surface area is 163 Å². The van der Waals surface area contributed by atoms with Crippen LogP contribution in [-0.2, 0) is 0 Å². The predicted molar refractivity (Wildman–Crippen MR) is 107 cm³/mol. The van der Waals surface area contributed by atoms with Gasteiger partial charge in [-0.3, -0.25) is 0 Å². The van der Waals surface area contributed by atoms with Gasteiger partial charge in [-0.15, -0.1) is 0 Å². The minimum absolute atomic E-state index is 0.230. The first-order valence-electron chi connectivity index (χ1n) is 11.1. The average Bonchev–Trinajstić information content (AvgIpc) is 2.65. The van der Waals surface area contributed by atoms with Crippen molar-refractivity contribution in [2.75, 3.05) is 0 Å². The SMILES string of the molecule is CCCC1CCC(C2CCC(c3cc(F)c(OC(C)C)c(F)c3)CC2)CC1. The molecule has 152 valence electrons. The molecule has 1 nitrogen and oxygen atoms in total. The van der Waals surface area contributed by atoms with Gasteiger partial charge in [-0.25, -0.2) is 8.78 Å². The Hall–Kier alpha value is -1.12.